The van der Waals surface area contributed by atoms with Crippen LogP contribution in [0.2, 0.25) is 0 Å². The highest BCUT2D eigenvalue weighted by Gasteiger charge is 2.12. The van der Waals surface area contributed by atoms with E-state index in [-0.39, 0.29) is 5.78 Å². The fourth-order valence-corrected chi connectivity index (χ4v) is 1.80. The third-order valence-electron chi connectivity index (χ3n) is 2.81. The maximum atomic E-state index is 12.0. The third kappa shape index (κ3) is 3.51. The van der Waals surface area contributed by atoms with Crippen molar-refractivity contribution in [2.75, 3.05) is 19.1 Å². The Labute approximate surface area is 119 Å². The van der Waals surface area contributed by atoms with E-state index in [1.54, 1.807) is 18.4 Å². The van der Waals surface area contributed by atoms with E-state index >= 15 is 0 Å². The molecular weight excluding hydrogens is 250 g/mol. The van der Waals surface area contributed by atoms with Gasteiger partial charge in [-0.25, -0.2) is 0 Å². The van der Waals surface area contributed by atoms with E-state index in [0.29, 0.717) is 5.70 Å². The summed E-state index contributed by atoms with van der Waals surface area (Å²) in [7, 11) is 3.76. The van der Waals surface area contributed by atoms with E-state index in [9.17, 15) is 4.79 Å². The van der Waals surface area contributed by atoms with Crippen LogP contribution in [0.25, 0.3) is 0 Å². The molecule has 0 radical (unpaired) electrons. The van der Waals surface area contributed by atoms with E-state index in [1.807, 2.05) is 61.4 Å². The van der Waals surface area contributed by atoms with Gasteiger partial charge in [-0.3, -0.25) is 15.2 Å². The van der Waals surface area contributed by atoms with Crippen LogP contribution in [0.3, 0.4) is 0 Å². The first-order valence-electron chi connectivity index (χ1n) is 6.46. The van der Waals surface area contributed by atoms with Gasteiger partial charge in [-0.2, -0.15) is 0 Å². The Morgan fingerprint density at radius 3 is 2.85 bits per heavy atom. The summed E-state index contributed by atoms with van der Waals surface area (Å²) in [5, 5.41) is 1.84. The minimum absolute atomic E-state index is 0.0549. The fraction of sp³-hybridized carbons (Fsp3) is 0.188. The molecule has 2 rings (SSSR count). The summed E-state index contributed by atoms with van der Waals surface area (Å²) in [5.74, 6) is -0.0549. The molecule has 0 saturated carbocycles. The van der Waals surface area contributed by atoms with Gasteiger partial charge in [0.15, 0.2) is 0 Å². The van der Waals surface area contributed by atoms with Gasteiger partial charge in [-0.1, -0.05) is 12.1 Å². The number of hydrogen-bond donors (Lipinski definition) is 1. The summed E-state index contributed by atoms with van der Waals surface area (Å²) in [6, 6.07) is 8.08. The normalized spacial score (nSPS) is 14.2. The number of carbonyl (C=O) groups is 1. The lowest BCUT2D eigenvalue weighted by Crippen LogP contribution is -2.37. The topological polar surface area (TPSA) is 35.6 Å². The van der Waals surface area contributed by atoms with Crippen LogP contribution in [0.15, 0.2) is 60.6 Å². The smallest absolute Gasteiger partial charge is 0.204 e. The summed E-state index contributed by atoms with van der Waals surface area (Å²) >= 11 is 0. The summed E-state index contributed by atoms with van der Waals surface area (Å²) in [5.41, 5.74) is 5.83. The molecular formula is C16H19N3O. The number of benzene rings is 1. The van der Waals surface area contributed by atoms with Crippen LogP contribution in [0.5, 0.6) is 0 Å². The molecule has 1 aliphatic heterocycles. The number of hydrogen-bond acceptors (Lipinski definition) is 4. The van der Waals surface area contributed by atoms with Crippen LogP contribution >= 0.6 is 0 Å². The molecule has 4 nitrogen and oxygen atoms in total. The second kappa shape index (κ2) is 6.10. The molecule has 1 N–H and O–H groups in total. The quantitative estimate of drug-likeness (QED) is 0.851. The second-order valence-corrected chi connectivity index (χ2v) is 4.89. The van der Waals surface area contributed by atoms with Crippen LogP contribution in [0.1, 0.15) is 5.56 Å². The van der Waals surface area contributed by atoms with Gasteiger partial charge in [0.1, 0.15) is 5.70 Å². The molecule has 0 aromatic heterocycles. The number of rotatable bonds is 4. The van der Waals surface area contributed by atoms with Crippen LogP contribution in [-0.2, 0) is 4.79 Å². The molecule has 1 aromatic carbocycles. The number of nitrogens with one attached hydrogen (secondary N) is 1. The van der Waals surface area contributed by atoms with Crippen molar-refractivity contribution in [1.29, 1.82) is 0 Å². The lowest BCUT2D eigenvalue weighted by molar-refractivity contribution is -0.111. The monoisotopic (exact) mass is 269 g/mol. The molecule has 0 bridgehead atoms. The van der Waals surface area contributed by atoms with E-state index < -0.39 is 0 Å². The molecule has 0 atom stereocenters. The van der Waals surface area contributed by atoms with Crippen molar-refractivity contribution in [2.45, 2.75) is 6.92 Å². The van der Waals surface area contributed by atoms with Crippen molar-refractivity contribution in [3.8, 4) is 0 Å². The molecule has 0 spiro atoms. The first-order chi connectivity index (χ1) is 9.56. The van der Waals surface area contributed by atoms with Gasteiger partial charge in [-0.05, 0) is 36.8 Å². The summed E-state index contributed by atoms with van der Waals surface area (Å²) in [6.07, 6.45) is 8.80. The Balaban J connectivity index is 2.11. The third-order valence-corrected chi connectivity index (χ3v) is 2.81. The average molecular weight is 269 g/mol. The van der Waals surface area contributed by atoms with Crippen molar-refractivity contribution in [3.05, 3.63) is 66.2 Å². The van der Waals surface area contributed by atoms with Gasteiger partial charge in [0, 0.05) is 32.6 Å². The SMILES string of the molecule is Cc1cccc(N2C=CC=C(C(=O)C=CN(C)C)N2)c1. The molecule has 20 heavy (non-hydrogen) atoms. The molecule has 104 valence electrons. The van der Waals surface area contributed by atoms with Gasteiger partial charge in [0.05, 0.1) is 5.69 Å². The molecule has 0 saturated heterocycles. The zero-order valence-corrected chi connectivity index (χ0v) is 12.0. The molecule has 0 fully saturated rings. The van der Waals surface area contributed by atoms with Crippen molar-refractivity contribution < 1.29 is 4.79 Å². The fourth-order valence-electron chi connectivity index (χ4n) is 1.80. The van der Waals surface area contributed by atoms with Gasteiger partial charge in [0.2, 0.25) is 5.78 Å². The Bertz CT molecular complexity index is 585. The minimum Gasteiger partial charge on any atom is -0.383 e. The van der Waals surface area contributed by atoms with E-state index in [1.165, 1.54) is 5.56 Å². The highest BCUT2D eigenvalue weighted by atomic mass is 16.1. The first-order valence-corrected chi connectivity index (χ1v) is 6.46. The van der Waals surface area contributed by atoms with Crippen molar-refractivity contribution in [2.24, 2.45) is 0 Å². The highest BCUT2D eigenvalue weighted by molar-refractivity contribution is 6.04. The van der Waals surface area contributed by atoms with Gasteiger partial charge in [-0.15, -0.1) is 0 Å². The van der Waals surface area contributed by atoms with Crippen LogP contribution < -0.4 is 10.4 Å². The second-order valence-electron chi connectivity index (χ2n) is 4.89. The summed E-state index contributed by atoms with van der Waals surface area (Å²) < 4.78 is 0. The molecule has 4 heteroatoms. The molecule has 1 heterocycles. The zero-order chi connectivity index (χ0) is 14.5. The molecule has 0 aliphatic carbocycles. The largest absolute Gasteiger partial charge is 0.383 e. The minimum atomic E-state index is -0.0549. The van der Waals surface area contributed by atoms with Crippen LogP contribution in [-0.4, -0.2) is 24.8 Å². The lowest BCUT2D eigenvalue weighted by atomic mass is 10.2. The summed E-state index contributed by atoms with van der Waals surface area (Å²) in [6.45, 7) is 2.04. The number of nitrogens with zero attached hydrogens (tertiary/aromatic N) is 2. The zero-order valence-electron chi connectivity index (χ0n) is 12.0. The number of hydrazine groups is 1. The molecule has 1 aromatic rings. The average Bonchev–Trinajstić information content (AvgIpc) is 2.45. The van der Waals surface area contributed by atoms with Gasteiger partial charge < -0.3 is 4.90 Å². The Morgan fingerprint density at radius 2 is 2.15 bits per heavy atom. The Hall–Kier alpha value is -2.49. The van der Waals surface area contributed by atoms with E-state index in [2.05, 4.69) is 11.5 Å². The van der Waals surface area contributed by atoms with Gasteiger partial charge in [0.25, 0.3) is 0 Å². The van der Waals surface area contributed by atoms with Crippen molar-refractivity contribution >= 4 is 11.5 Å². The van der Waals surface area contributed by atoms with Gasteiger partial charge >= 0.3 is 0 Å². The predicted octanol–water partition coefficient (Wildman–Crippen LogP) is 2.36. The maximum absolute atomic E-state index is 12.0. The Kier molecular flexibility index (Phi) is 4.25. The van der Waals surface area contributed by atoms with E-state index in [4.69, 9.17) is 0 Å². The number of carbonyl (C=O) groups excluding carboxylic acids is 1. The lowest BCUT2D eigenvalue weighted by Gasteiger charge is -2.26. The van der Waals surface area contributed by atoms with Crippen LogP contribution in [0, 0.1) is 6.92 Å². The predicted molar refractivity (Wildman–Crippen MR) is 81.9 cm³/mol. The molecule has 0 unspecified atom stereocenters. The molecule has 1 aliphatic rings. The number of allylic oxidation sites excluding steroid dienone is 3. The standard InChI is InChI=1S/C16H19N3O/c1-13-6-4-7-14(12-13)19-10-5-8-15(17-19)16(20)9-11-18(2)3/h4-12,17H,1-3H3. The van der Waals surface area contributed by atoms with Crippen molar-refractivity contribution in [1.82, 2.24) is 10.3 Å². The maximum Gasteiger partial charge on any atom is 0.204 e. The Morgan fingerprint density at radius 1 is 1.35 bits per heavy atom. The van der Waals surface area contributed by atoms with Crippen LogP contribution in [0.4, 0.5) is 5.69 Å². The van der Waals surface area contributed by atoms with Crippen molar-refractivity contribution in [3.63, 3.8) is 0 Å². The number of ketones is 1. The summed E-state index contributed by atoms with van der Waals surface area (Å²) in [4.78, 5) is 13.9. The van der Waals surface area contributed by atoms with E-state index in [0.717, 1.165) is 5.69 Å². The first kappa shape index (κ1) is 13.9. The number of anilines is 1. The number of aryl methyl sites for hydroxylation is 1. The molecule has 0 amide bonds. The highest BCUT2D eigenvalue weighted by Crippen LogP contribution is 2.17.